The minimum Gasteiger partial charge on any atom is -0.391 e. The summed E-state index contributed by atoms with van der Waals surface area (Å²) < 4.78 is 2.17. The number of aromatic nitrogens is 1. The Balaban J connectivity index is 1.62. The van der Waals surface area contributed by atoms with Gasteiger partial charge in [0.1, 0.15) is 0 Å². The van der Waals surface area contributed by atoms with Crippen molar-refractivity contribution in [2.24, 2.45) is 4.99 Å². The van der Waals surface area contributed by atoms with E-state index in [1.165, 1.54) is 11.3 Å². The van der Waals surface area contributed by atoms with Crippen molar-refractivity contribution in [3.8, 4) is 0 Å². The molecule has 1 saturated heterocycles. The van der Waals surface area contributed by atoms with Gasteiger partial charge in [0.15, 0.2) is 10.6 Å². The van der Waals surface area contributed by atoms with Crippen molar-refractivity contribution in [3.63, 3.8) is 0 Å². The highest BCUT2D eigenvalue weighted by Gasteiger charge is 2.28. The SMILES string of the molecule is CC(=O)c1sc(=Nc2ccc(C(=O)N3CCC(O)C3)cc2)n(C2CC2)c1C. The molecule has 1 N–H and O–H groups in total. The van der Waals surface area contributed by atoms with Crippen molar-refractivity contribution >= 4 is 28.7 Å². The van der Waals surface area contributed by atoms with Crippen LogP contribution in [-0.2, 0) is 0 Å². The zero-order chi connectivity index (χ0) is 19.1. The predicted octanol–water partition coefficient (Wildman–Crippen LogP) is 2.83. The largest absolute Gasteiger partial charge is 0.391 e. The number of amides is 1. The summed E-state index contributed by atoms with van der Waals surface area (Å²) in [5.74, 6) is 0.0130. The quantitative estimate of drug-likeness (QED) is 0.823. The number of hydrogen-bond acceptors (Lipinski definition) is 5. The molecule has 1 aromatic carbocycles. The second-order valence-corrected chi connectivity index (χ2v) is 8.29. The fourth-order valence-electron chi connectivity index (χ4n) is 3.53. The van der Waals surface area contributed by atoms with Gasteiger partial charge in [0, 0.05) is 37.3 Å². The van der Waals surface area contributed by atoms with Gasteiger partial charge in [-0.3, -0.25) is 9.59 Å². The van der Waals surface area contributed by atoms with E-state index in [0.717, 1.165) is 33.9 Å². The van der Waals surface area contributed by atoms with E-state index in [0.29, 0.717) is 31.1 Å². The average molecular weight is 385 g/mol. The molecule has 2 heterocycles. The van der Waals surface area contributed by atoms with Gasteiger partial charge in [0.25, 0.3) is 5.91 Å². The molecule has 0 radical (unpaired) electrons. The number of aliphatic hydroxyl groups is 1. The molecule has 1 aromatic heterocycles. The number of nitrogens with zero attached hydrogens (tertiary/aromatic N) is 3. The van der Waals surface area contributed by atoms with E-state index >= 15 is 0 Å². The molecule has 4 rings (SSSR count). The van der Waals surface area contributed by atoms with Crippen LogP contribution in [0, 0.1) is 6.92 Å². The first-order valence-electron chi connectivity index (χ1n) is 9.29. The second kappa shape index (κ2) is 7.05. The van der Waals surface area contributed by atoms with Crippen LogP contribution in [0.1, 0.15) is 58.0 Å². The molecule has 1 amide bonds. The van der Waals surface area contributed by atoms with Crippen LogP contribution in [0.3, 0.4) is 0 Å². The van der Waals surface area contributed by atoms with E-state index < -0.39 is 6.10 Å². The minimum absolute atomic E-state index is 0.0584. The molecule has 1 unspecified atom stereocenters. The van der Waals surface area contributed by atoms with Crippen LogP contribution in [0.5, 0.6) is 0 Å². The van der Waals surface area contributed by atoms with Gasteiger partial charge in [0.05, 0.1) is 16.7 Å². The number of β-amino-alcohol motifs (C(OH)–C–C–N with tert-alkyl or cyclic N) is 1. The highest BCUT2D eigenvalue weighted by Crippen LogP contribution is 2.36. The summed E-state index contributed by atoms with van der Waals surface area (Å²) in [7, 11) is 0. The Hall–Kier alpha value is -2.25. The Kier molecular flexibility index (Phi) is 4.74. The normalized spacial score (nSPS) is 20.3. The van der Waals surface area contributed by atoms with Gasteiger partial charge < -0.3 is 14.6 Å². The molecule has 7 heteroatoms. The molecule has 1 saturated carbocycles. The summed E-state index contributed by atoms with van der Waals surface area (Å²) in [6.45, 7) is 4.57. The minimum atomic E-state index is -0.418. The van der Waals surface area contributed by atoms with Crippen molar-refractivity contribution in [2.75, 3.05) is 13.1 Å². The molecule has 0 bridgehead atoms. The molecular weight excluding hydrogens is 362 g/mol. The Labute approximate surface area is 161 Å². The average Bonchev–Trinajstić information content (AvgIpc) is 3.29. The fourth-order valence-corrected chi connectivity index (χ4v) is 4.64. The third kappa shape index (κ3) is 3.61. The number of Topliss-reactive ketones (excluding diaryl/α,β-unsaturated/α-hetero) is 1. The summed E-state index contributed by atoms with van der Waals surface area (Å²) in [4.78, 5) is 32.4. The predicted molar refractivity (Wildman–Crippen MR) is 104 cm³/mol. The fraction of sp³-hybridized carbons (Fsp3) is 0.450. The molecule has 1 aliphatic heterocycles. The van der Waals surface area contributed by atoms with Gasteiger partial charge in [-0.2, -0.15) is 0 Å². The molecule has 142 valence electrons. The second-order valence-electron chi connectivity index (χ2n) is 7.31. The van der Waals surface area contributed by atoms with Gasteiger partial charge in [-0.1, -0.05) is 11.3 Å². The maximum atomic E-state index is 12.5. The summed E-state index contributed by atoms with van der Waals surface area (Å²) in [6, 6.07) is 7.66. The van der Waals surface area contributed by atoms with E-state index in [4.69, 9.17) is 4.99 Å². The first kappa shape index (κ1) is 18.1. The molecule has 2 fully saturated rings. The van der Waals surface area contributed by atoms with Crippen LogP contribution in [-0.4, -0.2) is 45.5 Å². The number of hydrogen-bond donors (Lipinski definition) is 1. The topological polar surface area (TPSA) is 74.9 Å². The van der Waals surface area contributed by atoms with Crippen LogP contribution >= 0.6 is 11.3 Å². The molecule has 27 heavy (non-hydrogen) atoms. The molecule has 1 atom stereocenters. The standard InChI is InChI=1S/C20H23N3O3S/c1-12-18(13(2)24)27-20(23(12)16-7-8-16)21-15-5-3-14(4-6-15)19(26)22-10-9-17(25)11-22/h3-6,16-17,25H,7-11H2,1-2H3. The van der Waals surface area contributed by atoms with Gasteiger partial charge in [0.2, 0.25) is 0 Å². The number of benzene rings is 1. The molecule has 0 spiro atoms. The first-order chi connectivity index (χ1) is 12.9. The summed E-state index contributed by atoms with van der Waals surface area (Å²) >= 11 is 1.43. The molecule has 1 aliphatic carbocycles. The summed E-state index contributed by atoms with van der Waals surface area (Å²) in [5.41, 5.74) is 2.36. The summed E-state index contributed by atoms with van der Waals surface area (Å²) in [5, 5.41) is 9.61. The maximum Gasteiger partial charge on any atom is 0.253 e. The Morgan fingerprint density at radius 3 is 2.44 bits per heavy atom. The number of carbonyl (C=O) groups is 2. The van der Waals surface area contributed by atoms with Crippen molar-refractivity contribution < 1.29 is 14.7 Å². The van der Waals surface area contributed by atoms with Crippen molar-refractivity contribution in [2.45, 2.75) is 45.3 Å². The van der Waals surface area contributed by atoms with Crippen LogP contribution in [0.15, 0.2) is 29.3 Å². The van der Waals surface area contributed by atoms with Crippen LogP contribution in [0.25, 0.3) is 0 Å². The van der Waals surface area contributed by atoms with E-state index in [1.54, 1.807) is 24.0 Å². The Morgan fingerprint density at radius 2 is 1.89 bits per heavy atom. The number of ketones is 1. The van der Waals surface area contributed by atoms with Crippen molar-refractivity contribution in [1.82, 2.24) is 9.47 Å². The number of aliphatic hydroxyl groups excluding tert-OH is 1. The first-order valence-corrected chi connectivity index (χ1v) is 10.1. The Morgan fingerprint density at radius 1 is 1.19 bits per heavy atom. The van der Waals surface area contributed by atoms with Crippen molar-refractivity contribution in [1.29, 1.82) is 0 Å². The van der Waals surface area contributed by atoms with Gasteiger partial charge >= 0.3 is 0 Å². The molecule has 2 aromatic rings. The third-order valence-corrected chi connectivity index (χ3v) is 6.37. The van der Waals surface area contributed by atoms with Gasteiger partial charge in [-0.15, -0.1) is 0 Å². The lowest BCUT2D eigenvalue weighted by Gasteiger charge is -2.15. The number of likely N-dealkylation sites (tertiary alicyclic amines) is 1. The van der Waals surface area contributed by atoms with Gasteiger partial charge in [-0.25, -0.2) is 4.99 Å². The van der Waals surface area contributed by atoms with E-state index in [-0.39, 0.29) is 11.7 Å². The number of thiazole rings is 1. The molecule has 2 aliphatic rings. The lowest BCUT2D eigenvalue weighted by molar-refractivity contribution is 0.0765. The Bertz CT molecular complexity index is 954. The zero-order valence-electron chi connectivity index (χ0n) is 15.5. The van der Waals surface area contributed by atoms with Crippen LogP contribution in [0.4, 0.5) is 5.69 Å². The molecular formula is C20H23N3O3S. The lowest BCUT2D eigenvalue weighted by Crippen LogP contribution is -2.29. The van der Waals surface area contributed by atoms with E-state index in [2.05, 4.69) is 4.57 Å². The third-order valence-electron chi connectivity index (χ3n) is 5.11. The highest BCUT2D eigenvalue weighted by atomic mass is 32.1. The van der Waals surface area contributed by atoms with E-state index in [1.807, 2.05) is 19.1 Å². The van der Waals surface area contributed by atoms with Crippen molar-refractivity contribution in [3.05, 3.63) is 45.2 Å². The monoisotopic (exact) mass is 385 g/mol. The lowest BCUT2D eigenvalue weighted by atomic mass is 10.2. The van der Waals surface area contributed by atoms with Gasteiger partial charge in [-0.05, 0) is 50.5 Å². The molecule has 6 nitrogen and oxygen atoms in total. The van der Waals surface area contributed by atoms with Crippen LogP contribution in [0.2, 0.25) is 0 Å². The summed E-state index contributed by atoms with van der Waals surface area (Å²) in [6.07, 6.45) is 2.46. The number of rotatable bonds is 4. The van der Waals surface area contributed by atoms with E-state index in [9.17, 15) is 14.7 Å². The smallest absolute Gasteiger partial charge is 0.253 e. The highest BCUT2D eigenvalue weighted by molar-refractivity contribution is 7.11. The van der Waals surface area contributed by atoms with Crippen LogP contribution < -0.4 is 4.80 Å². The maximum absolute atomic E-state index is 12.5. The zero-order valence-corrected chi connectivity index (χ0v) is 16.3. The number of carbonyl (C=O) groups excluding carboxylic acids is 2.